The molecule has 1 aromatic carbocycles. The van der Waals surface area contributed by atoms with Crippen molar-refractivity contribution in [1.29, 1.82) is 0 Å². The number of hydrogen-bond acceptors (Lipinski definition) is 5. The van der Waals surface area contributed by atoms with Crippen LogP contribution in [0.4, 0.5) is 0 Å². The van der Waals surface area contributed by atoms with E-state index in [9.17, 15) is 9.90 Å². The minimum absolute atomic E-state index is 0.126. The molecule has 4 rings (SSSR count). The first kappa shape index (κ1) is 20.3. The first-order valence-corrected chi connectivity index (χ1v) is 10.8. The maximum Gasteiger partial charge on any atom is 0.306 e. The number of fused-ring (bicyclic) bond motifs is 1. The minimum atomic E-state index is -0.999. The molecule has 0 bridgehead atoms. The molecule has 1 aromatic heterocycles. The zero-order valence-electron chi connectivity index (χ0n) is 17.0. The van der Waals surface area contributed by atoms with Crippen molar-refractivity contribution in [3.05, 3.63) is 30.1 Å². The van der Waals surface area contributed by atoms with Gasteiger partial charge in [0.15, 0.2) is 0 Å². The van der Waals surface area contributed by atoms with Gasteiger partial charge in [0.05, 0.1) is 23.1 Å². The molecule has 7 nitrogen and oxygen atoms in total. The number of rotatable bonds is 7. The standard InChI is InChI=1S/C22H32N4O3/c27-21(28)16-22(29)9-7-17(8-10-22)26-14-12-25(13-15-26)11-3-6-20-23-18-4-1-2-5-19(18)24-20/h1-2,4-5,17,29H,3,6-16H2,(H,23,24)(H,27,28). The molecule has 0 atom stereocenters. The molecule has 7 heteroatoms. The molecule has 0 amide bonds. The van der Waals surface area contributed by atoms with Crippen molar-refractivity contribution < 1.29 is 15.0 Å². The third-order valence-corrected chi connectivity index (χ3v) is 6.62. The summed E-state index contributed by atoms with van der Waals surface area (Å²) in [5.41, 5.74) is 1.15. The van der Waals surface area contributed by atoms with E-state index in [1.165, 1.54) is 0 Å². The number of benzene rings is 1. The summed E-state index contributed by atoms with van der Waals surface area (Å²) in [5, 5.41) is 19.4. The van der Waals surface area contributed by atoms with Gasteiger partial charge in [0.1, 0.15) is 5.82 Å². The van der Waals surface area contributed by atoms with Crippen LogP contribution in [0.2, 0.25) is 0 Å². The van der Waals surface area contributed by atoms with Crippen molar-refractivity contribution in [2.24, 2.45) is 0 Å². The molecular formula is C22H32N4O3. The van der Waals surface area contributed by atoms with Crippen LogP contribution >= 0.6 is 0 Å². The number of aryl methyl sites for hydroxylation is 1. The van der Waals surface area contributed by atoms with Crippen LogP contribution in [0.25, 0.3) is 11.0 Å². The molecule has 29 heavy (non-hydrogen) atoms. The highest BCUT2D eigenvalue weighted by Gasteiger charge is 2.37. The summed E-state index contributed by atoms with van der Waals surface area (Å²) >= 11 is 0. The van der Waals surface area contributed by atoms with Crippen LogP contribution in [-0.2, 0) is 11.2 Å². The summed E-state index contributed by atoms with van der Waals surface area (Å²) in [7, 11) is 0. The van der Waals surface area contributed by atoms with Crippen molar-refractivity contribution in [2.45, 2.75) is 56.6 Å². The number of carbonyl (C=O) groups is 1. The molecule has 2 fully saturated rings. The largest absolute Gasteiger partial charge is 0.481 e. The van der Waals surface area contributed by atoms with Crippen molar-refractivity contribution >= 4 is 17.0 Å². The van der Waals surface area contributed by atoms with Crippen molar-refractivity contribution in [1.82, 2.24) is 19.8 Å². The number of para-hydroxylation sites is 2. The maximum atomic E-state index is 10.9. The number of nitrogens with zero attached hydrogens (tertiary/aromatic N) is 3. The summed E-state index contributed by atoms with van der Waals surface area (Å²) in [6, 6.07) is 8.65. The Morgan fingerprint density at radius 1 is 1.17 bits per heavy atom. The number of piperazine rings is 1. The van der Waals surface area contributed by atoms with Crippen LogP contribution in [0.3, 0.4) is 0 Å². The second-order valence-electron chi connectivity index (χ2n) is 8.71. The number of aromatic amines is 1. The number of aliphatic carboxylic acids is 1. The molecule has 0 unspecified atom stereocenters. The molecule has 0 radical (unpaired) electrons. The SMILES string of the molecule is O=C(O)CC1(O)CCC(N2CCN(CCCc3nc4ccccc4[nH]3)CC2)CC1. The van der Waals surface area contributed by atoms with Gasteiger partial charge in [0.25, 0.3) is 0 Å². The first-order chi connectivity index (χ1) is 14.0. The lowest BCUT2D eigenvalue weighted by atomic mass is 9.79. The zero-order chi connectivity index (χ0) is 20.3. The first-order valence-electron chi connectivity index (χ1n) is 10.8. The number of aliphatic hydroxyl groups is 1. The van der Waals surface area contributed by atoms with E-state index in [1.54, 1.807) is 0 Å². The predicted octanol–water partition coefficient (Wildman–Crippen LogP) is 2.26. The predicted molar refractivity (Wildman–Crippen MR) is 112 cm³/mol. The fourth-order valence-electron chi connectivity index (χ4n) is 4.91. The molecular weight excluding hydrogens is 368 g/mol. The molecule has 1 saturated carbocycles. The van der Waals surface area contributed by atoms with Crippen LogP contribution in [0, 0.1) is 0 Å². The van der Waals surface area contributed by atoms with Gasteiger partial charge < -0.3 is 20.1 Å². The minimum Gasteiger partial charge on any atom is -0.481 e. The summed E-state index contributed by atoms with van der Waals surface area (Å²) < 4.78 is 0. The van der Waals surface area contributed by atoms with E-state index in [0.29, 0.717) is 18.9 Å². The summed E-state index contributed by atoms with van der Waals surface area (Å²) in [6.07, 6.45) is 4.94. The third kappa shape index (κ3) is 5.15. The average Bonchev–Trinajstić information content (AvgIpc) is 3.11. The topological polar surface area (TPSA) is 92.7 Å². The van der Waals surface area contributed by atoms with E-state index < -0.39 is 11.6 Å². The number of carboxylic acids is 1. The molecule has 2 aromatic rings. The monoisotopic (exact) mass is 400 g/mol. The molecule has 158 valence electrons. The molecule has 3 N–H and O–H groups in total. The number of imidazole rings is 1. The second kappa shape index (κ2) is 8.81. The van der Waals surface area contributed by atoms with Gasteiger partial charge in [-0.1, -0.05) is 12.1 Å². The quantitative estimate of drug-likeness (QED) is 0.660. The fourth-order valence-corrected chi connectivity index (χ4v) is 4.91. The molecule has 0 spiro atoms. The van der Waals surface area contributed by atoms with Crippen LogP contribution in [0.15, 0.2) is 24.3 Å². The van der Waals surface area contributed by atoms with Crippen LogP contribution < -0.4 is 0 Å². The lowest BCUT2D eigenvalue weighted by Crippen LogP contribution is -2.52. The van der Waals surface area contributed by atoms with Gasteiger partial charge >= 0.3 is 5.97 Å². The van der Waals surface area contributed by atoms with Gasteiger partial charge in [-0.05, 0) is 50.8 Å². The van der Waals surface area contributed by atoms with Gasteiger partial charge in [0, 0.05) is 38.6 Å². The Labute approximate surface area is 171 Å². The molecule has 1 aliphatic heterocycles. The highest BCUT2D eigenvalue weighted by Crippen LogP contribution is 2.33. The fraction of sp³-hybridized carbons (Fsp3) is 0.636. The lowest BCUT2D eigenvalue weighted by Gasteiger charge is -2.43. The van der Waals surface area contributed by atoms with E-state index in [4.69, 9.17) is 5.11 Å². The Hall–Kier alpha value is -1.96. The van der Waals surface area contributed by atoms with Crippen LogP contribution in [0.5, 0.6) is 0 Å². The second-order valence-corrected chi connectivity index (χ2v) is 8.71. The van der Waals surface area contributed by atoms with E-state index in [1.807, 2.05) is 18.2 Å². The Bertz CT molecular complexity index is 787. The Balaban J connectivity index is 1.17. The van der Waals surface area contributed by atoms with Crippen LogP contribution in [0.1, 0.15) is 44.3 Å². The zero-order valence-corrected chi connectivity index (χ0v) is 17.0. The smallest absolute Gasteiger partial charge is 0.306 e. The van der Waals surface area contributed by atoms with Crippen molar-refractivity contribution in [2.75, 3.05) is 32.7 Å². The van der Waals surface area contributed by atoms with Gasteiger partial charge in [-0.3, -0.25) is 9.69 Å². The van der Waals surface area contributed by atoms with E-state index >= 15 is 0 Å². The van der Waals surface area contributed by atoms with Crippen LogP contribution in [-0.4, -0.2) is 80.3 Å². The van der Waals surface area contributed by atoms with E-state index in [0.717, 1.165) is 75.3 Å². The number of H-pyrrole nitrogens is 1. The number of aromatic nitrogens is 2. The van der Waals surface area contributed by atoms with Gasteiger partial charge in [-0.2, -0.15) is 0 Å². The van der Waals surface area contributed by atoms with Gasteiger partial charge in [-0.25, -0.2) is 4.98 Å². The normalized spacial score (nSPS) is 26.7. The lowest BCUT2D eigenvalue weighted by molar-refractivity contribution is -0.144. The molecule has 1 saturated heterocycles. The Morgan fingerprint density at radius 3 is 2.59 bits per heavy atom. The summed E-state index contributed by atoms with van der Waals surface area (Å²) in [4.78, 5) is 24.1. The van der Waals surface area contributed by atoms with Gasteiger partial charge in [0.2, 0.25) is 0 Å². The summed E-state index contributed by atoms with van der Waals surface area (Å²) in [6.45, 7) is 5.37. The van der Waals surface area contributed by atoms with Crippen molar-refractivity contribution in [3.63, 3.8) is 0 Å². The highest BCUT2D eigenvalue weighted by atomic mass is 16.4. The molecule has 2 aliphatic rings. The third-order valence-electron chi connectivity index (χ3n) is 6.62. The average molecular weight is 401 g/mol. The highest BCUT2D eigenvalue weighted by molar-refractivity contribution is 5.74. The Kier molecular flexibility index (Phi) is 6.18. The number of nitrogens with one attached hydrogen (secondary N) is 1. The van der Waals surface area contributed by atoms with Gasteiger partial charge in [-0.15, -0.1) is 0 Å². The van der Waals surface area contributed by atoms with E-state index in [2.05, 4.69) is 25.8 Å². The van der Waals surface area contributed by atoms with Crippen molar-refractivity contribution in [3.8, 4) is 0 Å². The molecule has 2 heterocycles. The Morgan fingerprint density at radius 2 is 1.90 bits per heavy atom. The molecule has 1 aliphatic carbocycles. The maximum absolute atomic E-state index is 10.9. The summed E-state index contributed by atoms with van der Waals surface area (Å²) in [5.74, 6) is 0.170. The number of carboxylic acid groups (broad SMARTS) is 1. The van der Waals surface area contributed by atoms with E-state index in [-0.39, 0.29) is 6.42 Å². The number of hydrogen-bond donors (Lipinski definition) is 3.